The number of rotatable bonds is 9. The lowest BCUT2D eigenvalue weighted by Crippen LogP contribution is -2.40. The largest absolute Gasteiger partial charge is 0.469 e. The van der Waals surface area contributed by atoms with Crippen molar-refractivity contribution in [3.05, 3.63) is 47.8 Å². The number of hydrogen-bond donors (Lipinski definition) is 2. The molecule has 1 atom stereocenters. The van der Waals surface area contributed by atoms with Crippen molar-refractivity contribution >= 4 is 5.96 Å². The molecule has 1 unspecified atom stereocenters. The van der Waals surface area contributed by atoms with Gasteiger partial charge in [0.15, 0.2) is 5.96 Å². The lowest BCUT2D eigenvalue weighted by atomic mass is 10.2. The molecule has 0 bridgehead atoms. The number of aryl methyl sites for hydroxylation is 1. The minimum atomic E-state index is 0.0443. The molecule has 154 valence electrons. The Bertz CT molecular complexity index is 705. The van der Waals surface area contributed by atoms with Gasteiger partial charge in [-0.2, -0.15) is 0 Å². The van der Waals surface area contributed by atoms with E-state index >= 15 is 0 Å². The van der Waals surface area contributed by atoms with Crippen LogP contribution in [0.2, 0.25) is 0 Å². The second kappa shape index (κ2) is 10.9. The van der Waals surface area contributed by atoms with E-state index in [1.165, 1.54) is 0 Å². The number of morpholine rings is 1. The van der Waals surface area contributed by atoms with Crippen molar-refractivity contribution in [2.24, 2.45) is 4.99 Å². The molecular formula is C21H32N4O3. The van der Waals surface area contributed by atoms with Crippen LogP contribution in [0.25, 0.3) is 0 Å². The number of guanidine groups is 1. The zero-order chi connectivity index (χ0) is 19.6. The molecule has 0 saturated carbocycles. The summed E-state index contributed by atoms with van der Waals surface area (Å²) in [5.41, 5.74) is 0. The van der Waals surface area contributed by atoms with Gasteiger partial charge < -0.3 is 24.2 Å². The summed E-state index contributed by atoms with van der Waals surface area (Å²) < 4.78 is 16.5. The van der Waals surface area contributed by atoms with Gasteiger partial charge in [0, 0.05) is 39.1 Å². The molecule has 28 heavy (non-hydrogen) atoms. The van der Waals surface area contributed by atoms with E-state index in [-0.39, 0.29) is 6.04 Å². The standard InChI is InChI=1S/C21H32N4O3/c1-17-6-7-20(28-17)18(2)24-21(23-10-8-19-5-3-14-27-19)22-9-4-11-25-12-15-26-16-13-25/h3,5-7,14,18H,4,8-13,15-16H2,1-2H3,(H2,22,23,24). The highest BCUT2D eigenvalue weighted by atomic mass is 16.5. The first-order valence-corrected chi connectivity index (χ1v) is 10.1. The van der Waals surface area contributed by atoms with Gasteiger partial charge in [0.25, 0.3) is 0 Å². The fourth-order valence-corrected chi connectivity index (χ4v) is 3.18. The fraction of sp³-hybridized carbons (Fsp3) is 0.571. The van der Waals surface area contributed by atoms with Crippen molar-refractivity contribution in [3.63, 3.8) is 0 Å². The Morgan fingerprint density at radius 2 is 2.11 bits per heavy atom. The molecule has 1 aliphatic rings. The second-order valence-corrected chi connectivity index (χ2v) is 7.11. The van der Waals surface area contributed by atoms with E-state index in [4.69, 9.17) is 18.6 Å². The number of ether oxygens (including phenoxy) is 1. The molecule has 2 aromatic rings. The molecular weight excluding hydrogens is 356 g/mol. The quantitative estimate of drug-likeness (QED) is 0.391. The summed E-state index contributed by atoms with van der Waals surface area (Å²) in [6, 6.07) is 7.93. The summed E-state index contributed by atoms with van der Waals surface area (Å²) in [6.45, 7) is 10.3. The number of furan rings is 2. The van der Waals surface area contributed by atoms with Crippen LogP contribution in [0.4, 0.5) is 0 Å². The highest BCUT2D eigenvalue weighted by Gasteiger charge is 2.12. The maximum atomic E-state index is 5.74. The summed E-state index contributed by atoms with van der Waals surface area (Å²) in [5, 5.41) is 6.85. The van der Waals surface area contributed by atoms with Crippen LogP contribution < -0.4 is 10.6 Å². The Labute approximate surface area is 167 Å². The zero-order valence-electron chi connectivity index (χ0n) is 16.9. The number of nitrogens with one attached hydrogen (secondary N) is 2. The molecule has 3 rings (SSSR count). The van der Waals surface area contributed by atoms with Crippen LogP contribution >= 0.6 is 0 Å². The Morgan fingerprint density at radius 3 is 2.82 bits per heavy atom. The van der Waals surface area contributed by atoms with Crippen LogP contribution in [0.15, 0.2) is 44.4 Å². The summed E-state index contributed by atoms with van der Waals surface area (Å²) in [6.07, 6.45) is 3.55. The molecule has 2 N–H and O–H groups in total. The first-order valence-electron chi connectivity index (χ1n) is 10.1. The summed E-state index contributed by atoms with van der Waals surface area (Å²) in [4.78, 5) is 7.20. The molecule has 2 aromatic heterocycles. The van der Waals surface area contributed by atoms with Gasteiger partial charge in [0.05, 0.1) is 25.5 Å². The van der Waals surface area contributed by atoms with Crippen LogP contribution in [0.5, 0.6) is 0 Å². The number of aliphatic imine (C=N–C) groups is 1. The number of hydrogen-bond acceptors (Lipinski definition) is 5. The molecule has 0 aliphatic carbocycles. The Balaban J connectivity index is 1.49. The van der Waals surface area contributed by atoms with Crippen molar-refractivity contribution < 1.29 is 13.6 Å². The fourth-order valence-electron chi connectivity index (χ4n) is 3.18. The van der Waals surface area contributed by atoms with Crippen LogP contribution in [-0.4, -0.2) is 56.8 Å². The minimum Gasteiger partial charge on any atom is -0.469 e. The van der Waals surface area contributed by atoms with E-state index < -0.39 is 0 Å². The van der Waals surface area contributed by atoms with E-state index in [9.17, 15) is 0 Å². The third-order valence-electron chi connectivity index (χ3n) is 4.79. The lowest BCUT2D eigenvalue weighted by molar-refractivity contribution is 0.0377. The van der Waals surface area contributed by atoms with E-state index in [2.05, 4.69) is 22.5 Å². The SMILES string of the molecule is Cc1ccc(C(C)NC(=NCCCN2CCOCC2)NCCc2ccco2)o1. The highest BCUT2D eigenvalue weighted by Crippen LogP contribution is 2.15. The Hall–Kier alpha value is -2.25. The predicted octanol–water partition coefficient (Wildman–Crippen LogP) is 2.74. The van der Waals surface area contributed by atoms with Gasteiger partial charge in [-0.15, -0.1) is 0 Å². The van der Waals surface area contributed by atoms with Gasteiger partial charge in [0.2, 0.25) is 0 Å². The maximum absolute atomic E-state index is 5.74. The third kappa shape index (κ3) is 6.73. The minimum absolute atomic E-state index is 0.0443. The van der Waals surface area contributed by atoms with Crippen LogP contribution in [0.1, 0.15) is 36.7 Å². The highest BCUT2D eigenvalue weighted by molar-refractivity contribution is 5.80. The van der Waals surface area contributed by atoms with Crippen LogP contribution in [-0.2, 0) is 11.2 Å². The van der Waals surface area contributed by atoms with Crippen molar-refractivity contribution in [3.8, 4) is 0 Å². The topological polar surface area (TPSA) is 75.2 Å². The normalized spacial score (nSPS) is 16.9. The molecule has 3 heterocycles. The molecule has 1 fully saturated rings. The zero-order valence-corrected chi connectivity index (χ0v) is 16.9. The Kier molecular flexibility index (Phi) is 7.99. The Morgan fingerprint density at radius 1 is 1.25 bits per heavy atom. The first-order chi connectivity index (χ1) is 13.7. The van der Waals surface area contributed by atoms with Gasteiger partial charge in [-0.1, -0.05) is 0 Å². The second-order valence-electron chi connectivity index (χ2n) is 7.11. The van der Waals surface area contributed by atoms with E-state index in [1.807, 2.05) is 31.2 Å². The average Bonchev–Trinajstić information content (AvgIpc) is 3.37. The van der Waals surface area contributed by atoms with Gasteiger partial charge in [0.1, 0.15) is 17.3 Å². The van der Waals surface area contributed by atoms with Crippen LogP contribution in [0, 0.1) is 6.92 Å². The van der Waals surface area contributed by atoms with Crippen molar-refractivity contribution in [2.75, 3.05) is 45.9 Å². The molecule has 0 radical (unpaired) electrons. The monoisotopic (exact) mass is 388 g/mol. The summed E-state index contributed by atoms with van der Waals surface area (Å²) in [7, 11) is 0. The molecule has 7 heteroatoms. The van der Waals surface area contributed by atoms with E-state index in [0.29, 0.717) is 0 Å². The molecule has 7 nitrogen and oxygen atoms in total. The molecule has 0 spiro atoms. The van der Waals surface area contributed by atoms with Gasteiger partial charge in [-0.05, 0) is 44.5 Å². The maximum Gasteiger partial charge on any atom is 0.191 e. The van der Waals surface area contributed by atoms with Gasteiger partial charge >= 0.3 is 0 Å². The van der Waals surface area contributed by atoms with Crippen molar-refractivity contribution in [1.82, 2.24) is 15.5 Å². The molecule has 1 saturated heterocycles. The summed E-state index contributed by atoms with van der Waals surface area (Å²) in [5.74, 6) is 3.59. The third-order valence-corrected chi connectivity index (χ3v) is 4.79. The molecule has 0 amide bonds. The smallest absolute Gasteiger partial charge is 0.191 e. The van der Waals surface area contributed by atoms with Crippen LogP contribution in [0.3, 0.4) is 0 Å². The van der Waals surface area contributed by atoms with Crippen molar-refractivity contribution in [1.29, 1.82) is 0 Å². The van der Waals surface area contributed by atoms with Gasteiger partial charge in [-0.25, -0.2) is 0 Å². The molecule has 1 aliphatic heterocycles. The summed E-state index contributed by atoms with van der Waals surface area (Å²) >= 11 is 0. The lowest BCUT2D eigenvalue weighted by Gasteiger charge is -2.26. The average molecular weight is 389 g/mol. The number of nitrogens with zero attached hydrogens (tertiary/aromatic N) is 2. The van der Waals surface area contributed by atoms with Crippen molar-refractivity contribution in [2.45, 2.75) is 32.7 Å². The van der Waals surface area contributed by atoms with Gasteiger partial charge in [-0.3, -0.25) is 9.89 Å². The first kappa shape index (κ1) is 20.5. The van der Waals surface area contributed by atoms with E-state index in [0.717, 1.165) is 82.0 Å². The predicted molar refractivity (Wildman–Crippen MR) is 110 cm³/mol. The molecule has 0 aromatic carbocycles. The van der Waals surface area contributed by atoms with E-state index in [1.54, 1.807) is 6.26 Å².